The van der Waals surface area contributed by atoms with Crippen LogP contribution in [0.3, 0.4) is 0 Å². The van der Waals surface area contributed by atoms with Crippen molar-refractivity contribution in [1.29, 1.82) is 0 Å². The zero-order chi connectivity index (χ0) is 15.2. The van der Waals surface area contributed by atoms with Gasteiger partial charge in [-0.3, -0.25) is 4.79 Å². The average molecular weight is 286 g/mol. The van der Waals surface area contributed by atoms with E-state index in [0.29, 0.717) is 17.9 Å². The lowest BCUT2D eigenvalue weighted by Crippen LogP contribution is -2.37. The smallest absolute Gasteiger partial charge is 0.241 e. The van der Waals surface area contributed by atoms with E-state index < -0.39 is 6.04 Å². The van der Waals surface area contributed by atoms with E-state index in [1.807, 2.05) is 30.3 Å². The third-order valence-corrected chi connectivity index (χ3v) is 3.10. The Morgan fingerprint density at radius 2 is 2.00 bits per heavy atom. The maximum absolute atomic E-state index is 12.0. The Morgan fingerprint density at radius 3 is 2.62 bits per heavy atom. The second-order valence-electron chi connectivity index (χ2n) is 4.67. The first-order valence-electron chi connectivity index (χ1n) is 6.57. The molecule has 0 aliphatic carbocycles. The number of hydrogen-bond donors (Lipinski definition) is 3. The fourth-order valence-electron chi connectivity index (χ4n) is 1.93. The van der Waals surface area contributed by atoms with Gasteiger partial charge in [0.2, 0.25) is 5.91 Å². The van der Waals surface area contributed by atoms with Crippen LogP contribution in [0.2, 0.25) is 0 Å². The van der Waals surface area contributed by atoms with Crippen molar-refractivity contribution in [2.24, 2.45) is 5.73 Å². The number of carbonyl (C=O) groups is 1. The van der Waals surface area contributed by atoms with Gasteiger partial charge in [-0.15, -0.1) is 0 Å². The normalized spacial score (nSPS) is 11.7. The van der Waals surface area contributed by atoms with Crippen molar-refractivity contribution >= 4 is 11.6 Å². The number of phenols is 1. The van der Waals surface area contributed by atoms with Crippen LogP contribution in [0.15, 0.2) is 48.5 Å². The highest BCUT2D eigenvalue weighted by Crippen LogP contribution is 2.27. The summed E-state index contributed by atoms with van der Waals surface area (Å²) >= 11 is 0. The summed E-state index contributed by atoms with van der Waals surface area (Å²) in [4.78, 5) is 12.0. The van der Waals surface area contributed by atoms with Gasteiger partial charge in [-0.05, 0) is 24.1 Å². The monoisotopic (exact) mass is 286 g/mol. The minimum atomic E-state index is -0.686. The molecule has 0 saturated carbocycles. The topological polar surface area (TPSA) is 84.6 Å². The molecule has 0 aromatic heterocycles. The molecule has 0 heterocycles. The van der Waals surface area contributed by atoms with Gasteiger partial charge < -0.3 is 20.9 Å². The van der Waals surface area contributed by atoms with Crippen LogP contribution in [0.1, 0.15) is 5.56 Å². The van der Waals surface area contributed by atoms with Gasteiger partial charge in [-0.1, -0.05) is 30.3 Å². The van der Waals surface area contributed by atoms with Crippen molar-refractivity contribution in [3.63, 3.8) is 0 Å². The van der Waals surface area contributed by atoms with Crippen LogP contribution in [-0.2, 0) is 11.2 Å². The molecular weight excluding hydrogens is 268 g/mol. The van der Waals surface area contributed by atoms with E-state index in [9.17, 15) is 9.90 Å². The molecule has 2 aromatic carbocycles. The van der Waals surface area contributed by atoms with Crippen LogP contribution in [0.25, 0.3) is 0 Å². The average Bonchev–Trinajstić information content (AvgIpc) is 2.50. The van der Waals surface area contributed by atoms with Crippen LogP contribution in [0.5, 0.6) is 11.5 Å². The Morgan fingerprint density at radius 1 is 1.29 bits per heavy atom. The van der Waals surface area contributed by atoms with Crippen molar-refractivity contribution in [3.05, 3.63) is 54.1 Å². The van der Waals surface area contributed by atoms with E-state index >= 15 is 0 Å². The summed E-state index contributed by atoms with van der Waals surface area (Å²) in [7, 11) is 1.50. The van der Waals surface area contributed by atoms with E-state index in [1.54, 1.807) is 12.1 Å². The molecule has 1 atom stereocenters. The van der Waals surface area contributed by atoms with Crippen molar-refractivity contribution in [1.82, 2.24) is 0 Å². The number of ether oxygens (including phenoxy) is 1. The van der Waals surface area contributed by atoms with Gasteiger partial charge in [0.05, 0.1) is 18.8 Å². The number of rotatable bonds is 5. The molecular formula is C16H18N2O3. The van der Waals surface area contributed by atoms with Gasteiger partial charge in [0.25, 0.3) is 0 Å². The minimum absolute atomic E-state index is 0.0605. The number of phenolic OH excluding ortho intramolecular Hbond substituents is 1. The number of methoxy groups -OCH3 is 1. The number of nitrogens with one attached hydrogen (secondary N) is 1. The zero-order valence-corrected chi connectivity index (χ0v) is 11.7. The van der Waals surface area contributed by atoms with Gasteiger partial charge in [-0.25, -0.2) is 0 Å². The SMILES string of the molecule is COc1ccc(NC(=O)[C@H](N)Cc2ccccc2)c(O)c1. The van der Waals surface area contributed by atoms with Gasteiger partial charge >= 0.3 is 0 Å². The number of anilines is 1. The molecule has 0 radical (unpaired) electrons. The molecule has 5 heteroatoms. The lowest BCUT2D eigenvalue weighted by Gasteiger charge is -2.13. The van der Waals surface area contributed by atoms with Crippen LogP contribution >= 0.6 is 0 Å². The van der Waals surface area contributed by atoms with Crippen molar-refractivity contribution < 1.29 is 14.6 Å². The number of carbonyl (C=O) groups excluding carboxylic acids is 1. The minimum Gasteiger partial charge on any atom is -0.506 e. The number of aromatic hydroxyl groups is 1. The molecule has 0 unspecified atom stereocenters. The van der Waals surface area contributed by atoms with Crippen molar-refractivity contribution in [2.45, 2.75) is 12.5 Å². The second kappa shape index (κ2) is 6.76. The summed E-state index contributed by atoms with van der Waals surface area (Å²) in [5.74, 6) is 0.105. The zero-order valence-electron chi connectivity index (χ0n) is 11.7. The van der Waals surface area contributed by atoms with Crippen molar-refractivity contribution in [3.8, 4) is 11.5 Å². The van der Waals surface area contributed by atoms with Crippen LogP contribution in [0.4, 0.5) is 5.69 Å². The standard InChI is InChI=1S/C16H18N2O3/c1-21-12-7-8-14(15(19)10-12)18-16(20)13(17)9-11-5-3-2-4-6-11/h2-8,10,13,19H,9,17H2,1H3,(H,18,20)/t13-/m1/s1. The summed E-state index contributed by atoms with van der Waals surface area (Å²) < 4.78 is 4.98. The Labute approximate surface area is 123 Å². The van der Waals surface area contributed by atoms with Crippen molar-refractivity contribution in [2.75, 3.05) is 12.4 Å². The highest BCUT2D eigenvalue weighted by molar-refractivity contribution is 5.96. The predicted molar refractivity (Wildman–Crippen MR) is 81.4 cm³/mol. The number of hydrogen-bond acceptors (Lipinski definition) is 4. The Kier molecular flexibility index (Phi) is 4.79. The van der Waals surface area contributed by atoms with Gasteiger partial charge in [-0.2, -0.15) is 0 Å². The largest absolute Gasteiger partial charge is 0.506 e. The first kappa shape index (κ1) is 14.9. The first-order chi connectivity index (χ1) is 10.1. The van der Waals surface area contributed by atoms with Crippen LogP contribution < -0.4 is 15.8 Å². The summed E-state index contributed by atoms with van der Waals surface area (Å²) in [6, 6.07) is 13.5. The summed E-state index contributed by atoms with van der Waals surface area (Å²) in [5.41, 5.74) is 7.18. The summed E-state index contributed by atoms with van der Waals surface area (Å²) in [6.07, 6.45) is 0.434. The lowest BCUT2D eigenvalue weighted by molar-refractivity contribution is -0.117. The Hall–Kier alpha value is -2.53. The summed E-state index contributed by atoms with van der Waals surface area (Å²) in [5, 5.41) is 12.4. The molecule has 0 bridgehead atoms. The van der Waals surface area contributed by atoms with E-state index in [4.69, 9.17) is 10.5 Å². The molecule has 21 heavy (non-hydrogen) atoms. The second-order valence-corrected chi connectivity index (χ2v) is 4.67. The predicted octanol–water partition coefficient (Wildman–Crippen LogP) is 1.91. The number of amides is 1. The fraction of sp³-hybridized carbons (Fsp3) is 0.188. The quantitative estimate of drug-likeness (QED) is 0.733. The van der Waals surface area contributed by atoms with E-state index in [2.05, 4.69) is 5.32 Å². The molecule has 4 N–H and O–H groups in total. The van der Waals surface area contributed by atoms with Gasteiger partial charge in [0, 0.05) is 6.07 Å². The molecule has 0 fully saturated rings. The van der Waals surface area contributed by atoms with E-state index in [1.165, 1.54) is 13.2 Å². The maximum Gasteiger partial charge on any atom is 0.241 e. The molecule has 5 nitrogen and oxygen atoms in total. The Balaban J connectivity index is 2.00. The highest BCUT2D eigenvalue weighted by atomic mass is 16.5. The molecule has 2 rings (SSSR count). The molecule has 1 amide bonds. The fourth-order valence-corrected chi connectivity index (χ4v) is 1.93. The molecule has 0 aliphatic heterocycles. The first-order valence-corrected chi connectivity index (χ1v) is 6.57. The molecule has 0 aliphatic rings. The Bertz CT molecular complexity index is 614. The van der Waals surface area contributed by atoms with E-state index in [0.717, 1.165) is 5.56 Å². The van der Waals surface area contributed by atoms with Crippen LogP contribution in [-0.4, -0.2) is 24.2 Å². The highest BCUT2D eigenvalue weighted by Gasteiger charge is 2.15. The van der Waals surface area contributed by atoms with E-state index in [-0.39, 0.29) is 11.7 Å². The maximum atomic E-state index is 12.0. The van der Waals surface area contributed by atoms with Crippen LogP contribution in [0, 0.1) is 0 Å². The number of benzene rings is 2. The molecule has 2 aromatic rings. The van der Waals surface area contributed by atoms with Gasteiger partial charge in [0.1, 0.15) is 11.5 Å². The molecule has 110 valence electrons. The number of nitrogens with two attached hydrogens (primary N) is 1. The molecule has 0 saturated heterocycles. The molecule has 0 spiro atoms. The third kappa shape index (κ3) is 3.97. The third-order valence-electron chi connectivity index (χ3n) is 3.10. The lowest BCUT2D eigenvalue weighted by atomic mass is 10.1. The van der Waals surface area contributed by atoms with Gasteiger partial charge in [0.15, 0.2) is 0 Å². The summed E-state index contributed by atoms with van der Waals surface area (Å²) in [6.45, 7) is 0.